The van der Waals surface area contributed by atoms with Gasteiger partial charge in [0.25, 0.3) is 0 Å². The number of carboxylic acids is 1. The Kier molecular flexibility index (Phi) is 6.64. The fraction of sp³-hybridized carbons (Fsp3) is 0.176. The van der Waals surface area contributed by atoms with Crippen molar-refractivity contribution in [3.05, 3.63) is 62.8 Å². The fourth-order valence-corrected chi connectivity index (χ4v) is 3.08. The molecule has 1 atom stereocenters. The molecule has 0 aliphatic rings. The van der Waals surface area contributed by atoms with Gasteiger partial charge in [0, 0.05) is 28.1 Å². The van der Waals surface area contributed by atoms with Crippen LogP contribution in [0.3, 0.4) is 0 Å². The minimum absolute atomic E-state index is 0.134. The first kappa shape index (κ1) is 19.5. The molecule has 1 N–H and O–H groups in total. The molecule has 0 spiro atoms. The molecule has 0 radical (unpaired) electrons. The number of halogens is 4. The Morgan fingerprint density at radius 1 is 1.04 bits per heavy atom. The minimum atomic E-state index is -1.31. The highest BCUT2D eigenvalue weighted by Gasteiger charge is 2.20. The molecule has 2 aromatic carbocycles. The Labute approximate surface area is 158 Å². The average Bonchev–Trinajstić information content (AvgIpc) is 2.50. The van der Waals surface area contributed by atoms with E-state index in [1.165, 1.54) is 18.2 Å². The van der Waals surface area contributed by atoms with E-state index in [9.17, 15) is 19.1 Å². The van der Waals surface area contributed by atoms with Crippen LogP contribution in [-0.2, 0) is 9.59 Å². The maximum Gasteiger partial charge on any atom is 0.224 e. The predicted octanol–water partition coefficient (Wildman–Crippen LogP) is 4.04. The van der Waals surface area contributed by atoms with Gasteiger partial charge in [0.1, 0.15) is 5.82 Å². The van der Waals surface area contributed by atoms with Crippen LogP contribution in [0.1, 0.15) is 24.3 Å². The lowest BCUT2D eigenvalue weighted by atomic mass is 9.92. The van der Waals surface area contributed by atoms with Gasteiger partial charge >= 0.3 is 0 Å². The van der Waals surface area contributed by atoms with Gasteiger partial charge in [-0.3, -0.25) is 4.79 Å². The lowest BCUT2D eigenvalue weighted by Crippen LogP contribution is -2.26. The van der Waals surface area contributed by atoms with Gasteiger partial charge in [-0.25, -0.2) is 4.39 Å². The molecule has 2 rings (SSSR count). The first-order valence-corrected chi connectivity index (χ1v) is 8.29. The minimum Gasteiger partial charge on any atom is -0.550 e. The van der Waals surface area contributed by atoms with Gasteiger partial charge in [-0.1, -0.05) is 40.9 Å². The third-order valence-corrected chi connectivity index (χ3v) is 4.30. The van der Waals surface area contributed by atoms with Crippen molar-refractivity contribution < 1.29 is 19.1 Å². The Bertz CT molecular complexity index is 814. The summed E-state index contributed by atoms with van der Waals surface area (Å²) in [4.78, 5) is 23.2. The van der Waals surface area contributed by atoms with E-state index in [4.69, 9.17) is 34.8 Å². The van der Waals surface area contributed by atoms with E-state index in [1.54, 1.807) is 12.1 Å². The summed E-state index contributed by atoms with van der Waals surface area (Å²) in [5, 5.41) is 14.1. The molecule has 0 heterocycles. The number of carbonyl (C=O) groups is 2. The maximum absolute atomic E-state index is 13.1. The van der Waals surface area contributed by atoms with Crippen LogP contribution < -0.4 is 10.4 Å². The maximum atomic E-state index is 13.1. The van der Waals surface area contributed by atoms with Crippen LogP contribution in [0.15, 0.2) is 36.4 Å². The number of carbonyl (C=O) groups excluding carboxylic acids is 2. The highest BCUT2D eigenvalue weighted by molar-refractivity contribution is 6.35. The van der Waals surface area contributed by atoms with Crippen molar-refractivity contribution in [1.82, 2.24) is 0 Å². The molecule has 0 unspecified atom stereocenters. The molecule has 0 aliphatic carbocycles. The van der Waals surface area contributed by atoms with Crippen LogP contribution in [-0.4, -0.2) is 11.9 Å². The smallest absolute Gasteiger partial charge is 0.224 e. The fourth-order valence-electron chi connectivity index (χ4n) is 2.34. The zero-order valence-corrected chi connectivity index (χ0v) is 15.0. The summed E-state index contributed by atoms with van der Waals surface area (Å²) in [6.45, 7) is 0. The first-order chi connectivity index (χ1) is 11.8. The van der Waals surface area contributed by atoms with Gasteiger partial charge in [-0.05, 0) is 48.2 Å². The first-order valence-electron chi connectivity index (χ1n) is 7.16. The van der Waals surface area contributed by atoms with Gasteiger partial charge in [0.15, 0.2) is 0 Å². The van der Waals surface area contributed by atoms with E-state index in [0.29, 0.717) is 16.3 Å². The van der Waals surface area contributed by atoms with Crippen LogP contribution in [0.25, 0.3) is 0 Å². The van der Waals surface area contributed by atoms with Crippen molar-refractivity contribution in [1.29, 1.82) is 0 Å². The number of hydrogen-bond donors (Lipinski definition) is 1. The summed E-state index contributed by atoms with van der Waals surface area (Å²) >= 11 is 17.6. The summed E-state index contributed by atoms with van der Waals surface area (Å²) in [5.74, 6) is -3.10. The Morgan fingerprint density at radius 2 is 1.76 bits per heavy atom. The standard InChI is InChI=1S/C17H13Cl3FNO3/c18-10-1-3-12(13(19)7-10)9(6-17(24)25)5-16(23)22-11-2-4-15(21)14(20)8-11/h1-4,7-9H,5-6H2,(H,22,23)(H,24,25)/p-1/t9-/m1/s1. The number of aliphatic carboxylic acids is 1. The number of rotatable bonds is 6. The molecule has 1 amide bonds. The zero-order chi connectivity index (χ0) is 18.6. The average molecular weight is 404 g/mol. The molecule has 132 valence electrons. The zero-order valence-electron chi connectivity index (χ0n) is 12.7. The number of carboxylic acid groups (broad SMARTS) is 1. The van der Waals surface area contributed by atoms with Crippen LogP contribution in [0.5, 0.6) is 0 Å². The van der Waals surface area contributed by atoms with Crippen molar-refractivity contribution >= 4 is 52.4 Å². The van der Waals surface area contributed by atoms with Crippen LogP contribution in [0.2, 0.25) is 15.1 Å². The molecule has 25 heavy (non-hydrogen) atoms. The van der Waals surface area contributed by atoms with Crippen molar-refractivity contribution in [3.8, 4) is 0 Å². The molecule has 0 fully saturated rings. The normalized spacial score (nSPS) is 11.8. The van der Waals surface area contributed by atoms with Crippen LogP contribution in [0, 0.1) is 5.82 Å². The summed E-state index contributed by atoms with van der Waals surface area (Å²) in [5.41, 5.74) is 0.772. The van der Waals surface area contributed by atoms with Crippen LogP contribution in [0.4, 0.5) is 10.1 Å². The molecule has 2 aromatic rings. The number of benzene rings is 2. The largest absolute Gasteiger partial charge is 0.550 e. The molecule has 0 saturated heterocycles. The SMILES string of the molecule is O=C([O-])C[C@@H](CC(=O)Nc1ccc(F)c(Cl)c1)c1ccc(Cl)cc1Cl. The number of amides is 1. The summed E-state index contributed by atoms with van der Waals surface area (Å²) < 4.78 is 13.1. The van der Waals surface area contributed by atoms with Gasteiger partial charge in [0.05, 0.1) is 5.02 Å². The molecule has 0 aromatic heterocycles. The van der Waals surface area contributed by atoms with Crippen molar-refractivity contribution in [2.75, 3.05) is 5.32 Å². The Balaban J connectivity index is 2.16. The van der Waals surface area contributed by atoms with E-state index in [2.05, 4.69) is 5.32 Å². The second-order valence-electron chi connectivity index (χ2n) is 5.32. The second-order valence-corrected chi connectivity index (χ2v) is 6.57. The van der Waals surface area contributed by atoms with Gasteiger partial charge < -0.3 is 15.2 Å². The summed E-state index contributed by atoms with van der Waals surface area (Å²) in [6, 6.07) is 8.33. The second kappa shape index (κ2) is 8.52. The third kappa shape index (κ3) is 5.59. The molecule has 0 bridgehead atoms. The number of hydrogen-bond acceptors (Lipinski definition) is 3. The molecular formula is C17H12Cl3FNO3-. The van der Waals surface area contributed by atoms with Crippen LogP contribution >= 0.6 is 34.8 Å². The van der Waals surface area contributed by atoms with Crippen molar-refractivity contribution in [2.45, 2.75) is 18.8 Å². The van der Waals surface area contributed by atoms with E-state index >= 15 is 0 Å². The lowest BCUT2D eigenvalue weighted by molar-refractivity contribution is -0.306. The predicted molar refractivity (Wildman–Crippen MR) is 93.5 cm³/mol. The molecule has 0 aliphatic heterocycles. The van der Waals surface area contributed by atoms with E-state index in [-0.39, 0.29) is 22.9 Å². The topological polar surface area (TPSA) is 69.2 Å². The molecule has 0 saturated carbocycles. The third-order valence-electron chi connectivity index (χ3n) is 3.45. The van der Waals surface area contributed by atoms with Crippen molar-refractivity contribution in [2.24, 2.45) is 0 Å². The number of nitrogens with one attached hydrogen (secondary N) is 1. The Hall–Kier alpha value is -1.82. The monoisotopic (exact) mass is 402 g/mol. The molecular weight excluding hydrogens is 392 g/mol. The molecule has 8 heteroatoms. The van der Waals surface area contributed by atoms with Gasteiger partial charge in [-0.15, -0.1) is 0 Å². The summed E-state index contributed by atoms with van der Waals surface area (Å²) in [6.07, 6.45) is -0.552. The quantitative estimate of drug-likeness (QED) is 0.791. The van der Waals surface area contributed by atoms with Gasteiger partial charge in [-0.2, -0.15) is 0 Å². The summed E-state index contributed by atoms with van der Waals surface area (Å²) in [7, 11) is 0. The molecule has 4 nitrogen and oxygen atoms in total. The number of anilines is 1. The van der Waals surface area contributed by atoms with Crippen molar-refractivity contribution in [3.63, 3.8) is 0 Å². The van der Waals surface area contributed by atoms with E-state index in [0.717, 1.165) is 6.07 Å². The Morgan fingerprint density at radius 3 is 2.36 bits per heavy atom. The van der Waals surface area contributed by atoms with Gasteiger partial charge in [0.2, 0.25) is 5.91 Å². The van der Waals surface area contributed by atoms with E-state index < -0.39 is 23.6 Å². The van der Waals surface area contributed by atoms with E-state index in [1.807, 2.05) is 0 Å². The lowest BCUT2D eigenvalue weighted by Gasteiger charge is -2.19. The highest BCUT2D eigenvalue weighted by Crippen LogP contribution is 2.32. The highest BCUT2D eigenvalue weighted by atomic mass is 35.5.